The second-order valence-corrected chi connectivity index (χ2v) is 7.72. The SMILES string of the molecule is COc1cccc(-c2cccc3nc(C4(C(N)=O)CCCN4C(N)=O)sc23)c1. The minimum Gasteiger partial charge on any atom is -0.497 e. The van der Waals surface area contributed by atoms with Crippen molar-refractivity contribution in [1.29, 1.82) is 0 Å². The van der Waals surface area contributed by atoms with E-state index in [2.05, 4.69) is 4.98 Å². The van der Waals surface area contributed by atoms with Gasteiger partial charge < -0.3 is 21.1 Å². The van der Waals surface area contributed by atoms with E-state index in [1.165, 1.54) is 16.2 Å². The molecule has 28 heavy (non-hydrogen) atoms. The molecule has 0 radical (unpaired) electrons. The first kappa shape index (κ1) is 18.2. The smallest absolute Gasteiger partial charge is 0.316 e. The molecular formula is C20H20N4O3S. The summed E-state index contributed by atoms with van der Waals surface area (Å²) >= 11 is 1.38. The number of nitrogens with zero attached hydrogens (tertiary/aromatic N) is 2. The number of carbonyl (C=O) groups is 2. The van der Waals surface area contributed by atoms with Crippen LogP contribution in [0.4, 0.5) is 4.79 Å². The van der Waals surface area contributed by atoms with Crippen molar-refractivity contribution in [2.45, 2.75) is 18.4 Å². The summed E-state index contributed by atoms with van der Waals surface area (Å²) in [7, 11) is 1.62. The molecule has 1 atom stereocenters. The number of hydrogen-bond acceptors (Lipinski definition) is 5. The first-order valence-electron chi connectivity index (χ1n) is 8.89. The van der Waals surface area contributed by atoms with Crippen LogP contribution in [0.15, 0.2) is 42.5 Å². The molecule has 2 aromatic carbocycles. The third-order valence-corrected chi connectivity index (χ3v) is 6.46. The van der Waals surface area contributed by atoms with Gasteiger partial charge in [-0.3, -0.25) is 4.79 Å². The summed E-state index contributed by atoms with van der Waals surface area (Å²) in [5.74, 6) is 0.148. The molecule has 4 rings (SSSR count). The van der Waals surface area contributed by atoms with Gasteiger partial charge in [0, 0.05) is 12.1 Å². The largest absolute Gasteiger partial charge is 0.497 e. The molecule has 8 heteroatoms. The maximum Gasteiger partial charge on any atom is 0.316 e. The molecule has 1 aliphatic heterocycles. The monoisotopic (exact) mass is 396 g/mol. The van der Waals surface area contributed by atoms with Crippen molar-refractivity contribution in [2.24, 2.45) is 11.5 Å². The molecule has 3 amide bonds. The van der Waals surface area contributed by atoms with Gasteiger partial charge in [-0.2, -0.15) is 0 Å². The average molecular weight is 396 g/mol. The highest BCUT2D eigenvalue weighted by atomic mass is 32.1. The molecule has 144 valence electrons. The number of fused-ring (bicyclic) bond motifs is 1. The van der Waals surface area contributed by atoms with Crippen LogP contribution in [-0.2, 0) is 10.3 Å². The third kappa shape index (κ3) is 2.68. The lowest BCUT2D eigenvalue weighted by Crippen LogP contribution is -2.55. The molecule has 0 aliphatic carbocycles. The standard InChI is InChI=1S/C20H20N4O3S/c1-27-13-6-2-5-12(11-13)14-7-3-8-15-16(14)28-18(23-15)20(17(21)25)9-4-10-24(20)19(22)26/h2-3,5-8,11H,4,9-10H2,1H3,(H2,21,25)(H2,22,26). The van der Waals surface area contributed by atoms with E-state index >= 15 is 0 Å². The fourth-order valence-electron chi connectivity index (χ4n) is 3.84. The quantitative estimate of drug-likeness (QED) is 0.706. The van der Waals surface area contributed by atoms with E-state index in [4.69, 9.17) is 16.2 Å². The average Bonchev–Trinajstić information content (AvgIpc) is 3.32. The van der Waals surface area contributed by atoms with E-state index in [1.807, 2.05) is 42.5 Å². The van der Waals surface area contributed by atoms with Gasteiger partial charge in [-0.15, -0.1) is 11.3 Å². The molecule has 1 saturated heterocycles. The fraction of sp³-hybridized carbons (Fsp3) is 0.250. The number of primary amides is 2. The van der Waals surface area contributed by atoms with Gasteiger partial charge in [0.15, 0.2) is 5.54 Å². The number of rotatable bonds is 4. The molecule has 2 heterocycles. The molecule has 0 bridgehead atoms. The van der Waals surface area contributed by atoms with Crippen molar-refractivity contribution in [1.82, 2.24) is 9.88 Å². The minimum atomic E-state index is -1.29. The fourth-order valence-corrected chi connectivity index (χ4v) is 5.18. The van der Waals surface area contributed by atoms with Gasteiger partial charge in [0.1, 0.15) is 10.8 Å². The highest BCUT2D eigenvalue weighted by Gasteiger charge is 2.52. The number of thiazole rings is 1. The van der Waals surface area contributed by atoms with Crippen LogP contribution in [0.5, 0.6) is 5.75 Å². The predicted molar refractivity (Wildman–Crippen MR) is 108 cm³/mol. The number of nitrogens with two attached hydrogens (primary N) is 2. The predicted octanol–water partition coefficient (Wildman–Crippen LogP) is 2.83. The van der Waals surface area contributed by atoms with Crippen molar-refractivity contribution in [3.05, 3.63) is 47.5 Å². The lowest BCUT2D eigenvalue weighted by atomic mass is 9.96. The molecule has 3 aromatic rings. The second kappa shape index (κ2) is 6.79. The number of amides is 3. The Bertz CT molecular complexity index is 1080. The van der Waals surface area contributed by atoms with Crippen LogP contribution < -0.4 is 16.2 Å². The van der Waals surface area contributed by atoms with Gasteiger partial charge >= 0.3 is 6.03 Å². The number of likely N-dealkylation sites (tertiary alicyclic amines) is 1. The summed E-state index contributed by atoms with van der Waals surface area (Å²) in [5, 5.41) is 0.502. The molecule has 4 N–H and O–H groups in total. The first-order chi connectivity index (χ1) is 13.5. The minimum absolute atomic E-state index is 0.386. The van der Waals surface area contributed by atoms with Crippen LogP contribution in [0, 0.1) is 0 Å². The Morgan fingerprint density at radius 2 is 2.00 bits per heavy atom. The summed E-state index contributed by atoms with van der Waals surface area (Å²) in [6, 6.07) is 12.9. The Hall–Kier alpha value is -3.13. The summed E-state index contributed by atoms with van der Waals surface area (Å²) in [6.45, 7) is 0.386. The Morgan fingerprint density at radius 1 is 1.21 bits per heavy atom. The molecule has 1 aliphatic rings. The molecule has 1 fully saturated rings. The lowest BCUT2D eigenvalue weighted by Gasteiger charge is -2.32. The summed E-state index contributed by atoms with van der Waals surface area (Å²) in [5.41, 5.74) is 12.7. The topological polar surface area (TPSA) is 112 Å². The van der Waals surface area contributed by atoms with E-state index < -0.39 is 17.5 Å². The van der Waals surface area contributed by atoms with Gasteiger partial charge in [0.25, 0.3) is 5.91 Å². The van der Waals surface area contributed by atoms with E-state index in [9.17, 15) is 9.59 Å². The summed E-state index contributed by atoms with van der Waals surface area (Å²) < 4.78 is 6.25. The van der Waals surface area contributed by atoms with Crippen LogP contribution in [0.3, 0.4) is 0 Å². The maximum atomic E-state index is 12.5. The first-order valence-corrected chi connectivity index (χ1v) is 9.70. The molecule has 0 saturated carbocycles. The number of aromatic nitrogens is 1. The van der Waals surface area contributed by atoms with Gasteiger partial charge in [-0.1, -0.05) is 24.3 Å². The van der Waals surface area contributed by atoms with Crippen molar-refractivity contribution in [2.75, 3.05) is 13.7 Å². The molecule has 7 nitrogen and oxygen atoms in total. The number of carbonyl (C=O) groups excluding carboxylic acids is 2. The highest BCUT2D eigenvalue weighted by molar-refractivity contribution is 7.19. The zero-order chi connectivity index (χ0) is 19.9. The number of ether oxygens (including phenoxy) is 1. The number of benzene rings is 2. The van der Waals surface area contributed by atoms with Crippen LogP contribution in [0.2, 0.25) is 0 Å². The van der Waals surface area contributed by atoms with Crippen LogP contribution in [0.25, 0.3) is 21.3 Å². The molecule has 1 unspecified atom stereocenters. The third-order valence-electron chi connectivity index (χ3n) is 5.20. The lowest BCUT2D eigenvalue weighted by molar-refractivity contribution is -0.127. The van der Waals surface area contributed by atoms with E-state index in [-0.39, 0.29) is 0 Å². The molecule has 0 spiro atoms. The van der Waals surface area contributed by atoms with Crippen LogP contribution in [0.1, 0.15) is 17.8 Å². The second-order valence-electron chi connectivity index (χ2n) is 6.72. The number of methoxy groups -OCH3 is 1. The Kier molecular flexibility index (Phi) is 4.43. The molecular weight excluding hydrogens is 376 g/mol. The van der Waals surface area contributed by atoms with Gasteiger partial charge in [-0.25, -0.2) is 9.78 Å². The van der Waals surface area contributed by atoms with E-state index in [0.29, 0.717) is 24.4 Å². The van der Waals surface area contributed by atoms with E-state index in [1.54, 1.807) is 7.11 Å². The normalized spacial score (nSPS) is 19.1. The summed E-state index contributed by atoms with van der Waals surface area (Å²) in [6.07, 6.45) is 1.06. The van der Waals surface area contributed by atoms with Crippen molar-refractivity contribution in [3.8, 4) is 16.9 Å². The summed E-state index contributed by atoms with van der Waals surface area (Å²) in [4.78, 5) is 30.5. The Morgan fingerprint density at radius 3 is 2.71 bits per heavy atom. The zero-order valence-electron chi connectivity index (χ0n) is 15.3. The molecule has 1 aromatic heterocycles. The van der Waals surface area contributed by atoms with Crippen molar-refractivity contribution < 1.29 is 14.3 Å². The Labute approximate surface area is 165 Å². The van der Waals surface area contributed by atoms with Crippen molar-refractivity contribution in [3.63, 3.8) is 0 Å². The van der Waals surface area contributed by atoms with Crippen LogP contribution >= 0.6 is 11.3 Å². The number of hydrogen-bond donors (Lipinski definition) is 2. The highest BCUT2D eigenvalue weighted by Crippen LogP contribution is 2.44. The number of urea groups is 1. The van der Waals surface area contributed by atoms with E-state index in [0.717, 1.165) is 27.1 Å². The Balaban J connectivity index is 1.91. The zero-order valence-corrected chi connectivity index (χ0v) is 16.2. The van der Waals surface area contributed by atoms with Gasteiger partial charge in [-0.05, 0) is 36.6 Å². The van der Waals surface area contributed by atoms with Gasteiger partial charge in [0.2, 0.25) is 0 Å². The maximum absolute atomic E-state index is 12.5. The van der Waals surface area contributed by atoms with Gasteiger partial charge in [0.05, 0.1) is 17.3 Å². The van der Waals surface area contributed by atoms with Crippen molar-refractivity contribution >= 4 is 33.5 Å². The van der Waals surface area contributed by atoms with Crippen LogP contribution in [-0.4, -0.2) is 35.5 Å².